The highest BCUT2D eigenvalue weighted by Gasteiger charge is 2.23. The Morgan fingerprint density at radius 3 is 2.11 bits per heavy atom. The van der Waals surface area contributed by atoms with Crippen LogP contribution in [0.25, 0.3) is 21.9 Å². The highest BCUT2D eigenvalue weighted by molar-refractivity contribution is 6.34. The quantitative estimate of drug-likeness (QED) is 0.134. The predicted octanol–water partition coefficient (Wildman–Crippen LogP) is 8.99. The number of rotatable bonds is 11. The molecule has 6 nitrogen and oxygen atoms in total. The number of benzene rings is 6. The van der Waals surface area contributed by atoms with Crippen LogP contribution in [0.2, 0.25) is 5.02 Å². The third-order valence-corrected chi connectivity index (χ3v) is 8.07. The van der Waals surface area contributed by atoms with Gasteiger partial charge in [-0.25, -0.2) is 4.79 Å². The van der Waals surface area contributed by atoms with E-state index in [2.05, 4.69) is 34.9 Å². The molecule has 0 aliphatic heterocycles. The van der Waals surface area contributed by atoms with Crippen LogP contribution in [0.1, 0.15) is 21.5 Å². The first-order chi connectivity index (χ1) is 22.4. The molecular weight excluding hydrogens is 596 g/mol. The van der Waals surface area contributed by atoms with E-state index in [-0.39, 0.29) is 17.0 Å². The average molecular weight is 627 g/mol. The second-order valence-corrected chi connectivity index (χ2v) is 11.3. The Balaban J connectivity index is 1.09. The van der Waals surface area contributed by atoms with Crippen LogP contribution < -0.4 is 15.4 Å². The van der Waals surface area contributed by atoms with Gasteiger partial charge in [-0.3, -0.25) is 4.79 Å². The molecule has 0 aromatic heterocycles. The lowest BCUT2D eigenvalue weighted by Crippen LogP contribution is -2.42. The van der Waals surface area contributed by atoms with Gasteiger partial charge < -0.3 is 20.5 Å². The van der Waals surface area contributed by atoms with Gasteiger partial charge in [0.15, 0.2) is 0 Å². The molecule has 46 heavy (non-hydrogen) atoms. The van der Waals surface area contributed by atoms with Crippen LogP contribution in [0.5, 0.6) is 11.5 Å². The molecule has 0 radical (unpaired) electrons. The summed E-state index contributed by atoms with van der Waals surface area (Å²) >= 11 is 6.39. The fourth-order valence-corrected chi connectivity index (χ4v) is 5.50. The standard InChI is InChI=1S/C39H31ClN2O4/c40-36-22-19-31(41-25-30-9-6-8-29-7-4-5-12-34(29)30)24-35(36)38(43)42-37(39(44)45)23-26-13-15-27(16-14-26)28-17-20-33(21-18-28)46-32-10-2-1-3-11-32/h1-22,24,37,41H,23,25H2,(H,42,43)(H,44,45)/t37-/m0/s1. The second kappa shape index (κ2) is 14.0. The maximum absolute atomic E-state index is 13.3. The van der Waals surface area contributed by atoms with Crippen LogP contribution >= 0.6 is 11.6 Å². The monoisotopic (exact) mass is 626 g/mol. The van der Waals surface area contributed by atoms with E-state index in [0.717, 1.165) is 44.5 Å². The Labute approximate surface area is 272 Å². The lowest BCUT2D eigenvalue weighted by atomic mass is 10.0. The number of para-hydroxylation sites is 1. The molecule has 0 unspecified atom stereocenters. The van der Waals surface area contributed by atoms with Crippen LogP contribution in [0.3, 0.4) is 0 Å². The summed E-state index contributed by atoms with van der Waals surface area (Å²) in [6, 6.07) is 43.2. The number of carbonyl (C=O) groups excluding carboxylic acids is 1. The summed E-state index contributed by atoms with van der Waals surface area (Å²) in [6.07, 6.45) is 0.113. The number of carboxylic acids is 1. The number of aliphatic carboxylic acids is 1. The maximum Gasteiger partial charge on any atom is 0.326 e. The number of carboxylic acid groups (broad SMARTS) is 1. The molecule has 1 atom stereocenters. The number of fused-ring (bicyclic) bond motifs is 1. The van der Waals surface area contributed by atoms with Gasteiger partial charge in [-0.2, -0.15) is 0 Å². The second-order valence-electron chi connectivity index (χ2n) is 10.9. The van der Waals surface area contributed by atoms with Crippen molar-refractivity contribution in [1.29, 1.82) is 0 Å². The summed E-state index contributed by atoms with van der Waals surface area (Å²) in [4.78, 5) is 25.4. The molecule has 7 heteroatoms. The van der Waals surface area contributed by atoms with Crippen molar-refractivity contribution in [2.24, 2.45) is 0 Å². The minimum atomic E-state index is -1.14. The average Bonchev–Trinajstić information content (AvgIpc) is 3.08. The van der Waals surface area contributed by atoms with Gasteiger partial charge in [0.1, 0.15) is 17.5 Å². The third-order valence-electron chi connectivity index (χ3n) is 7.74. The molecule has 1 amide bonds. The third kappa shape index (κ3) is 7.37. The first-order valence-electron chi connectivity index (χ1n) is 14.9. The summed E-state index contributed by atoms with van der Waals surface area (Å²) in [7, 11) is 0. The summed E-state index contributed by atoms with van der Waals surface area (Å²) in [5, 5.41) is 18.5. The zero-order chi connectivity index (χ0) is 31.9. The van der Waals surface area contributed by atoms with Gasteiger partial charge in [-0.15, -0.1) is 0 Å². The number of carbonyl (C=O) groups is 2. The zero-order valence-corrected chi connectivity index (χ0v) is 25.6. The van der Waals surface area contributed by atoms with Crippen LogP contribution in [0.15, 0.2) is 140 Å². The molecule has 0 saturated carbocycles. The summed E-state index contributed by atoms with van der Waals surface area (Å²) in [5.41, 5.74) is 4.77. The Bertz CT molecular complexity index is 1970. The molecule has 0 fully saturated rings. The van der Waals surface area contributed by atoms with Gasteiger partial charge >= 0.3 is 5.97 Å². The first kappa shape index (κ1) is 30.4. The van der Waals surface area contributed by atoms with Crippen molar-refractivity contribution in [3.05, 3.63) is 161 Å². The van der Waals surface area contributed by atoms with Crippen LogP contribution in [-0.2, 0) is 17.8 Å². The van der Waals surface area contributed by atoms with Crippen molar-refractivity contribution >= 4 is 39.9 Å². The molecular formula is C39H31ClN2O4. The lowest BCUT2D eigenvalue weighted by molar-refractivity contribution is -0.139. The summed E-state index contributed by atoms with van der Waals surface area (Å²) in [5.74, 6) is -0.186. The molecule has 0 spiro atoms. The molecule has 6 aromatic rings. The Hall–Kier alpha value is -5.59. The van der Waals surface area contributed by atoms with Gasteiger partial charge in [-0.05, 0) is 75.5 Å². The van der Waals surface area contributed by atoms with Crippen molar-refractivity contribution in [2.45, 2.75) is 19.0 Å². The van der Waals surface area contributed by atoms with Gasteiger partial charge in [0.05, 0.1) is 10.6 Å². The zero-order valence-electron chi connectivity index (χ0n) is 24.8. The number of ether oxygens (including phenoxy) is 1. The number of amides is 1. The fraction of sp³-hybridized carbons (Fsp3) is 0.0769. The normalized spacial score (nSPS) is 11.5. The smallest absolute Gasteiger partial charge is 0.326 e. The fourth-order valence-electron chi connectivity index (χ4n) is 5.30. The topological polar surface area (TPSA) is 87.7 Å². The molecule has 0 aliphatic rings. The Kier molecular flexibility index (Phi) is 9.27. The summed E-state index contributed by atoms with van der Waals surface area (Å²) < 4.78 is 5.87. The van der Waals surface area contributed by atoms with E-state index in [1.54, 1.807) is 18.2 Å². The highest BCUT2D eigenvalue weighted by atomic mass is 35.5. The van der Waals surface area contributed by atoms with E-state index in [0.29, 0.717) is 12.2 Å². The largest absolute Gasteiger partial charge is 0.480 e. The van der Waals surface area contributed by atoms with E-state index in [1.165, 1.54) is 0 Å². The molecule has 228 valence electrons. The molecule has 0 bridgehead atoms. The first-order valence-corrected chi connectivity index (χ1v) is 15.3. The van der Waals surface area contributed by atoms with E-state index >= 15 is 0 Å². The van der Waals surface area contributed by atoms with Crippen molar-refractivity contribution < 1.29 is 19.4 Å². The number of hydrogen-bond acceptors (Lipinski definition) is 4. The van der Waals surface area contributed by atoms with Gasteiger partial charge in [0, 0.05) is 18.7 Å². The molecule has 0 aliphatic carbocycles. The van der Waals surface area contributed by atoms with Crippen molar-refractivity contribution in [3.63, 3.8) is 0 Å². The SMILES string of the molecule is O=C(N[C@@H](Cc1ccc(-c2ccc(Oc3ccccc3)cc2)cc1)C(=O)O)c1cc(NCc2cccc3ccccc23)ccc1Cl. The molecule has 0 heterocycles. The number of anilines is 1. The van der Waals surface area contributed by atoms with Gasteiger partial charge in [-0.1, -0.05) is 109 Å². The van der Waals surface area contributed by atoms with Crippen LogP contribution in [0.4, 0.5) is 5.69 Å². The lowest BCUT2D eigenvalue weighted by Gasteiger charge is -2.16. The molecule has 6 rings (SSSR count). The van der Waals surface area contributed by atoms with Crippen LogP contribution in [0, 0.1) is 0 Å². The predicted molar refractivity (Wildman–Crippen MR) is 184 cm³/mol. The van der Waals surface area contributed by atoms with E-state index in [1.807, 2.05) is 97.1 Å². The highest BCUT2D eigenvalue weighted by Crippen LogP contribution is 2.27. The van der Waals surface area contributed by atoms with Crippen LogP contribution in [-0.4, -0.2) is 23.0 Å². The molecule has 6 aromatic carbocycles. The van der Waals surface area contributed by atoms with Crippen molar-refractivity contribution in [3.8, 4) is 22.6 Å². The number of halogens is 1. The Morgan fingerprint density at radius 2 is 1.37 bits per heavy atom. The van der Waals surface area contributed by atoms with E-state index < -0.39 is 17.9 Å². The van der Waals surface area contributed by atoms with Crippen molar-refractivity contribution in [2.75, 3.05) is 5.32 Å². The van der Waals surface area contributed by atoms with E-state index in [9.17, 15) is 14.7 Å². The minimum absolute atomic E-state index is 0.113. The van der Waals surface area contributed by atoms with Gasteiger partial charge in [0.2, 0.25) is 0 Å². The summed E-state index contributed by atoms with van der Waals surface area (Å²) in [6.45, 7) is 0.545. The number of hydrogen-bond donors (Lipinski definition) is 3. The molecule has 3 N–H and O–H groups in total. The number of nitrogens with one attached hydrogen (secondary N) is 2. The maximum atomic E-state index is 13.3. The molecule has 0 saturated heterocycles. The Morgan fingerprint density at radius 1 is 0.717 bits per heavy atom. The van der Waals surface area contributed by atoms with E-state index in [4.69, 9.17) is 16.3 Å². The van der Waals surface area contributed by atoms with Crippen molar-refractivity contribution in [1.82, 2.24) is 5.32 Å². The minimum Gasteiger partial charge on any atom is -0.480 e. The van der Waals surface area contributed by atoms with Gasteiger partial charge in [0.25, 0.3) is 5.91 Å².